The molecule has 6 nitrogen and oxygen atoms in total. The van der Waals surface area contributed by atoms with Gasteiger partial charge in [0.2, 0.25) is 5.91 Å². The number of nitrogens with one attached hydrogen (secondary N) is 1. The summed E-state index contributed by atoms with van der Waals surface area (Å²) in [5, 5.41) is 3.08. The smallest absolute Gasteiger partial charge is 0.249 e. The van der Waals surface area contributed by atoms with E-state index in [1.54, 1.807) is 24.3 Å². The zero-order valence-electron chi connectivity index (χ0n) is 9.71. The maximum absolute atomic E-state index is 10.9. The number of halogens is 1. The standard InChI is InChI=1S/C11H13BrN4O2/c1-8(11(13)17)18-16-6-5-15(14-16)10-4-2-3-9(12)7-10/h2-8,14H,1H3,(H2,13,17). The van der Waals surface area contributed by atoms with Crippen LogP contribution in [0.4, 0.5) is 5.69 Å². The third-order valence-corrected chi connectivity index (χ3v) is 2.81. The first-order valence-corrected chi connectivity index (χ1v) is 6.10. The minimum Gasteiger partial charge on any atom is -0.367 e. The van der Waals surface area contributed by atoms with Gasteiger partial charge in [0.1, 0.15) is 0 Å². The van der Waals surface area contributed by atoms with E-state index in [-0.39, 0.29) is 0 Å². The number of hydrogen-bond acceptors (Lipinski definition) is 5. The van der Waals surface area contributed by atoms with Crippen molar-refractivity contribution in [1.29, 1.82) is 0 Å². The monoisotopic (exact) mass is 312 g/mol. The predicted molar refractivity (Wildman–Crippen MR) is 70.5 cm³/mol. The highest BCUT2D eigenvalue weighted by Crippen LogP contribution is 2.21. The number of hydroxylamine groups is 1. The molecule has 1 amide bonds. The molecule has 0 saturated heterocycles. The molecule has 0 saturated carbocycles. The first-order chi connectivity index (χ1) is 8.56. The van der Waals surface area contributed by atoms with Crippen LogP contribution in [0.25, 0.3) is 0 Å². The Kier molecular flexibility index (Phi) is 3.85. The highest BCUT2D eigenvalue weighted by molar-refractivity contribution is 9.10. The van der Waals surface area contributed by atoms with Crippen molar-refractivity contribution in [3.8, 4) is 0 Å². The van der Waals surface area contributed by atoms with Crippen LogP contribution in [0.15, 0.2) is 41.1 Å². The Morgan fingerprint density at radius 3 is 2.94 bits per heavy atom. The van der Waals surface area contributed by atoms with Crippen molar-refractivity contribution in [2.75, 3.05) is 5.01 Å². The van der Waals surface area contributed by atoms with Crippen LogP contribution in [0, 0.1) is 0 Å². The minimum atomic E-state index is -0.704. The van der Waals surface area contributed by atoms with Gasteiger partial charge in [-0.1, -0.05) is 22.0 Å². The number of nitrogens with two attached hydrogens (primary N) is 1. The largest absolute Gasteiger partial charge is 0.367 e. The van der Waals surface area contributed by atoms with Gasteiger partial charge in [-0.3, -0.25) is 9.80 Å². The van der Waals surface area contributed by atoms with Gasteiger partial charge in [0.25, 0.3) is 0 Å². The van der Waals surface area contributed by atoms with Gasteiger partial charge in [0.05, 0.1) is 11.9 Å². The number of rotatable bonds is 4. The molecule has 0 aliphatic carbocycles. The van der Waals surface area contributed by atoms with Gasteiger partial charge in [-0.25, -0.2) is 4.84 Å². The normalized spacial score (nSPS) is 16.1. The number of hydrogen-bond donors (Lipinski definition) is 2. The van der Waals surface area contributed by atoms with Crippen LogP contribution >= 0.6 is 15.9 Å². The molecule has 2 rings (SSSR count). The molecular weight excluding hydrogens is 300 g/mol. The van der Waals surface area contributed by atoms with Crippen LogP contribution in [0.5, 0.6) is 0 Å². The summed E-state index contributed by atoms with van der Waals surface area (Å²) in [5.74, 6) is -0.522. The fourth-order valence-electron chi connectivity index (χ4n) is 1.35. The van der Waals surface area contributed by atoms with Gasteiger partial charge >= 0.3 is 0 Å². The third-order valence-electron chi connectivity index (χ3n) is 2.32. The molecule has 1 unspecified atom stereocenters. The van der Waals surface area contributed by atoms with E-state index < -0.39 is 12.0 Å². The molecule has 1 aliphatic rings. The second-order valence-electron chi connectivity index (χ2n) is 3.72. The average Bonchev–Trinajstić information content (AvgIpc) is 2.77. The van der Waals surface area contributed by atoms with E-state index >= 15 is 0 Å². The summed E-state index contributed by atoms with van der Waals surface area (Å²) in [5.41, 5.74) is 8.97. The number of amides is 1. The molecule has 3 N–H and O–H groups in total. The highest BCUT2D eigenvalue weighted by Gasteiger charge is 2.18. The van der Waals surface area contributed by atoms with Gasteiger partial charge in [0.15, 0.2) is 6.10 Å². The molecule has 96 valence electrons. The van der Waals surface area contributed by atoms with E-state index in [2.05, 4.69) is 21.5 Å². The van der Waals surface area contributed by atoms with Crippen LogP contribution in [0.1, 0.15) is 6.92 Å². The summed E-state index contributed by atoms with van der Waals surface area (Å²) < 4.78 is 0.972. The molecule has 0 spiro atoms. The number of anilines is 1. The Balaban J connectivity index is 1.97. The molecule has 1 aromatic rings. The van der Waals surface area contributed by atoms with E-state index in [9.17, 15) is 4.79 Å². The number of nitrogens with zero attached hydrogens (tertiary/aromatic N) is 2. The SMILES string of the molecule is CC(ON1C=CN(c2cccc(Br)c2)N1)C(N)=O. The van der Waals surface area contributed by atoms with Gasteiger partial charge in [0, 0.05) is 10.7 Å². The van der Waals surface area contributed by atoms with Crippen molar-refractivity contribution in [2.45, 2.75) is 13.0 Å². The first kappa shape index (κ1) is 12.9. The zero-order valence-corrected chi connectivity index (χ0v) is 11.3. The van der Waals surface area contributed by atoms with Crippen molar-refractivity contribution in [2.24, 2.45) is 5.73 Å². The Morgan fingerprint density at radius 2 is 2.28 bits per heavy atom. The molecule has 7 heteroatoms. The van der Waals surface area contributed by atoms with Crippen molar-refractivity contribution in [3.05, 3.63) is 41.1 Å². The van der Waals surface area contributed by atoms with Crippen molar-refractivity contribution in [1.82, 2.24) is 10.7 Å². The summed E-state index contributed by atoms with van der Waals surface area (Å²) in [6.07, 6.45) is 2.72. The van der Waals surface area contributed by atoms with Crippen molar-refractivity contribution in [3.63, 3.8) is 0 Å². The van der Waals surface area contributed by atoms with E-state index in [1.807, 2.05) is 24.3 Å². The summed E-state index contributed by atoms with van der Waals surface area (Å²) >= 11 is 3.40. The van der Waals surface area contributed by atoms with Gasteiger partial charge < -0.3 is 5.73 Å². The highest BCUT2D eigenvalue weighted by atomic mass is 79.9. The van der Waals surface area contributed by atoms with E-state index in [1.165, 1.54) is 5.17 Å². The average molecular weight is 313 g/mol. The quantitative estimate of drug-likeness (QED) is 0.876. The number of carbonyl (C=O) groups is 1. The molecule has 1 aromatic carbocycles. The number of primary amides is 1. The molecule has 0 aromatic heterocycles. The second kappa shape index (κ2) is 5.38. The molecule has 1 heterocycles. The van der Waals surface area contributed by atoms with Gasteiger partial charge in [-0.15, -0.1) is 5.53 Å². The lowest BCUT2D eigenvalue weighted by atomic mass is 10.3. The first-order valence-electron chi connectivity index (χ1n) is 5.31. The molecule has 0 fully saturated rings. The molecular formula is C11H13BrN4O2. The van der Waals surface area contributed by atoms with Gasteiger partial charge in [-0.2, -0.15) is 5.17 Å². The van der Waals surface area contributed by atoms with Crippen molar-refractivity contribution >= 4 is 27.5 Å². The van der Waals surface area contributed by atoms with E-state index in [0.717, 1.165) is 10.2 Å². The Labute approximate surface area is 113 Å². The topological polar surface area (TPSA) is 70.8 Å². The summed E-state index contributed by atoms with van der Waals surface area (Å²) in [7, 11) is 0. The predicted octanol–water partition coefficient (Wildman–Crippen LogP) is 1.27. The molecule has 0 bridgehead atoms. The summed E-state index contributed by atoms with van der Waals surface area (Å²) in [6, 6.07) is 7.73. The fourth-order valence-corrected chi connectivity index (χ4v) is 1.74. The zero-order chi connectivity index (χ0) is 13.1. The number of benzene rings is 1. The van der Waals surface area contributed by atoms with Crippen molar-refractivity contribution < 1.29 is 9.63 Å². The molecule has 18 heavy (non-hydrogen) atoms. The Morgan fingerprint density at radius 1 is 1.50 bits per heavy atom. The number of carbonyl (C=O) groups excluding carboxylic acids is 1. The fraction of sp³-hybridized carbons (Fsp3) is 0.182. The third kappa shape index (κ3) is 3.00. The maximum atomic E-state index is 10.9. The minimum absolute atomic E-state index is 0.522. The molecule has 1 aliphatic heterocycles. The molecule has 0 radical (unpaired) electrons. The van der Waals surface area contributed by atoms with Crippen LogP contribution in [-0.2, 0) is 9.63 Å². The Hall–Kier alpha value is -1.57. The number of hydrazine groups is 2. The van der Waals surface area contributed by atoms with Crippen LogP contribution in [0.2, 0.25) is 0 Å². The lowest BCUT2D eigenvalue weighted by Crippen LogP contribution is -2.43. The second-order valence-corrected chi connectivity index (χ2v) is 4.64. The lowest BCUT2D eigenvalue weighted by Gasteiger charge is -2.23. The lowest BCUT2D eigenvalue weighted by molar-refractivity contribution is -0.189. The maximum Gasteiger partial charge on any atom is 0.249 e. The van der Waals surface area contributed by atoms with Gasteiger partial charge in [-0.05, 0) is 25.1 Å². The Bertz CT molecular complexity index is 480. The van der Waals surface area contributed by atoms with Crippen LogP contribution in [-0.4, -0.2) is 17.2 Å². The molecule has 1 atom stereocenters. The van der Waals surface area contributed by atoms with E-state index in [4.69, 9.17) is 10.6 Å². The summed E-state index contributed by atoms with van der Waals surface area (Å²) in [4.78, 5) is 16.1. The van der Waals surface area contributed by atoms with Crippen LogP contribution in [0.3, 0.4) is 0 Å². The van der Waals surface area contributed by atoms with Crippen LogP contribution < -0.4 is 16.3 Å². The van der Waals surface area contributed by atoms with E-state index in [0.29, 0.717) is 0 Å². The summed E-state index contributed by atoms with van der Waals surface area (Å²) in [6.45, 7) is 1.58.